The van der Waals surface area contributed by atoms with Crippen molar-refractivity contribution >= 4 is 10.1 Å². The molecule has 0 bridgehead atoms. The van der Waals surface area contributed by atoms with Crippen LogP contribution < -0.4 is 9.61 Å². The zero-order valence-corrected chi connectivity index (χ0v) is 14.7. The number of aryl methyl sites for hydroxylation is 1. The quantitative estimate of drug-likeness (QED) is 0.675. The Bertz CT molecular complexity index is 1070. The van der Waals surface area contributed by atoms with Crippen molar-refractivity contribution < 1.29 is 12.6 Å². The molecule has 0 fully saturated rings. The minimum Gasteiger partial charge on any atom is -0.383 e. The van der Waals surface area contributed by atoms with Gasteiger partial charge in [0.25, 0.3) is 0 Å². The molecule has 3 rings (SSSR count). The van der Waals surface area contributed by atoms with Gasteiger partial charge in [0.1, 0.15) is 5.75 Å². The molecular formula is C19H17NO4S. The zero-order valence-electron chi connectivity index (χ0n) is 13.8. The van der Waals surface area contributed by atoms with Gasteiger partial charge in [0.2, 0.25) is 0 Å². The van der Waals surface area contributed by atoms with Gasteiger partial charge in [-0.3, -0.25) is 4.79 Å². The molecule has 0 radical (unpaired) electrons. The zero-order chi connectivity index (χ0) is 18.0. The van der Waals surface area contributed by atoms with Crippen molar-refractivity contribution in [3.63, 3.8) is 0 Å². The number of hydrogen-bond acceptors (Lipinski definition) is 4. The molecular weight excluding hydrogens is 338 g/mol. The Hall–Kier alpha value is -2.86. The van der Waals surface area contributed by atoms with E-state index in [9.17, 15) is 13.2 Å². The second kappa shape index (κ2) is 6.57. The van der Waals surface area contributed by atoms with Crippen LogP contribution in [0.3, 0.4) is 0 Å². The van der Waals surface area contributed by atoms with Gasteiger partial charge in [-0.15, -0.1) is 0 Å². The highest BCUT2D eigenvalue weighted by atomic mass is 32.2. The Balaban J connectivity index is 2.14. The van der Waals surface area contributed by atoms with E-state index < -0.39 is 10.1 Å². The van der Waals surface area contributed by atoms with E-state index in [0.717, 1.165) is 11.8 Å². The monoisotopic (exact) mass is 355 g/mol. The minimum atomic E-state index is -3.63. The van der Waals surface area contributed by atoms with Crippen LogP contribution in [0, 0.1) is 0 Å². The molecule has 25 heavy (non-hydrogen) atoms. The van der Waals surface area contributed by atoms with Gasteiger partial charge in [-0.25, -0.2) is 0 Å². The van der Waals surface area contributed by atoms with E-state index in [1.165, 1.54) is 6.07 Å². The Morgan fingerprint density at radius 3 is 2.12 bits per heavy atom. The van der Waals surface area contributed by atoms with Crippen molar-refractivity contribution in [3.8, 4) is 28.0 Å². The van der Waals surface area contributed by atoms with Gasteiger partial charge in [0.05, 0.1) is 6.26 Å². The van der Waals surface area contributed by atoms with Crippen molar-refractivity contribution in [2.75, 3.05) is 6.26 Å². The van der Waals surface area contributed by atoms with E-state index in [2.05, 4.69) is 0 Å². The van der Waals surface area contributed by atoms with E-state index in [0.29, 0.717) is 16.7 Å². The highest BCUT2D eigenvalue weighted by Crippen LogP contribution is 2.24. The van der Waals surface area contributed by atoms with Crippen LogP contribution in [0.5, 0.6) is 5.75 Å². The topological polar surface area (TPSA) is 65.4 Å². The average Bonchev–Trinajstić information content (AvgIpc) is 2.56. The molecule has 0 aliphatic rings. The third-order valence-electron chi connectivity index (χ3n) is 3.63. The first-order chi connectivity index (χ1) is 11.8. The largest absolute Gasteiger partial charge is 0.383 e. The molecule has 0 N–H and O–H groups in total. The molecule has 5 nitrogen and oxygen atoms in total. The Labute approximate surface area is 146 Å². The van der Waals surface area contributed by atoms with Crippen LogP contribution in [-0.2, 0) is 17.2 Å². The molecule has 0 amide bonds. The van der Waals surface area contributed by atoms with E-state index >= 15 is 0 Å². The third-order valence-corrected chi connectivity index (χ3v) is 4.13. The van der Waals surface area contributed by atoms with E-state index in [-0.39, 0.29) is 11.2 Å². The highest BCUT2D eigenvalue weighted by molar-refractivity contribution is 7.86. The summed E-state index contributed by atoms with van der Waals surface area (Å²) in [4.78, 5) is 12.9. The number of aromatic nitrogens is 1. The summed E-state index contributed by atoms with van der Waals surface area (Å²) in [5.41, 5.74) is 2.35. The molecule has 0 unspecified atom stereocenters. The number of rotatable bonds is 4. The molecule has 0 spiro atoms. The molecule has 2 aromatic carbocycles. The molecule has 6 heteroatoms. The Morgan fingerprint density at radius 2 is 1.48 bits per heavy atom. The van der Waals surface area contributed by atoms with Crippen LogP contribution in [-0.4, -0.2) is 19.2 Å². The minimum absolute atomic E-state index is 0.124. The van der Waals surface area contributed by atoms with Crippen molar-refractivity contribution in [3.05, 3.63) is 77.2 Å². The maximum Gasteiger partial charge on any atom is 0.306 e. The Morgan fingerprint density at radius 1 is 0.880 bits per heavy atom. The normalized spacial score (nSPS) is 11.3. The number of nitrogens with zero attached hydrogens (tertiary/aromatic N) is 1. The second-order valence-corrected chi connectivity index (χ2v) is 7.34. The summed E-state index contributed by atoms with van der Waals surface area (Å²) >= 11 is 0. The van der Waals surface area contributed by atoms with Gasteiger partial charge in [0.15, 0.2) is 5.43 Å². The fourth-order valence-electron chi connectivity index (χ4n) is 2.63. The smallest absolute Gasteiger partial charge is 0.306 e. The molecule has 128 valence electrons. The molecule has 0 saturated carbocycles. The van der Waals surface area contributed by atoms with Crippen molar-refractivity contribution in [1.29, 1.82) is 0 Å². The lowest BCUT2D eigenvalue weighted by molar-refractivity contribution is 0.493. The van der Waals surface area contributed by atoms with E-state index in [1.807, 2.05) is 41.9 Å². The summed E-state index contributed by atoms with van der Waals surface area (Å²) in [6.07, 6.45) is 4.47. The first kappa shape index (κ1) is 17.0. The summed E-state index contributed by atoms with van der Waals surface area (Å²) in [5.74, 6) is 0.173. The van der Waals surface area contributed by atoms with Crippen LogP contribution in [0.25, 0.3) is 22.3 Å². The summed E-state index contributed by atoms with van der Waals surface area (Å²) in [6, 6.07) is 15.9. The fraction of sp³-hybridized carbons (Fsp3) is 0.105. The fourth-order valence-corrected chi connectivity index (χ4v) is 3.08. The molecule has 0 atom stereocenters. The maximum absolute atomic E-state index is 12.9. The predicted molar refractivity (Wildman–Crippen MR) is 98.0 cm³/mol. The van der Waals surface area contributed by atoms with E-state index in [4.69, 9.17) is 4.18 Å². The number of hydrogen-bond donors (Lipinski definition) is 0. The molecule has 1 aromatic heterocycles. The van der Waals surface area contributed by atoms with Gasteiger partial charge in [-0.2, -0.15) is 8.42 Å². The van der Waals surface area contributed by atoms with Crippen molar-refractivity contribution in [2.24, 2.45) is 7.05 Å². The lowest BCUT2D eigenvalue weighted by atomic mass is 10.0. The molecule has 0 aliphatic carbocycles. The van der Waals surface area contributed by atoms with Crippen molar-refractivity contribution in [1.82, 2.24) is 4.57 Å². The van der Waals surface area contributed by atoms with Crippen LogP contribution >= 0.6 is 0 Å². The second-order valence-electron chi connectivity index (χ2n) is 5.76. The van der Waals surface area contributed by atoms with Gasteiger partial charge in [-0.05, 0) is 23.3 Å². The van der Waals surface area contributed by atoms with Crippen LogP contribution in [0.1, 0.15) is 0 Å². The standard InChI is InChI=1S/C19H17NO4S/c1-20-12-17(14-7-4-3-5-8-14)19(21)18(13-20)15-9-6-10-16(11-15)24-25(2,22)23/h3-13H,1-2H3. The molecule has 0 aliphatic heterocycles. The van der Waals surface area contributed by atoms with Gasteiger partial charge >= 0.3 is 10.1 Å². The number of benzene rings is 2. The van der Waals surface area contributed by atoms with Gasteiger partial charge in [-0.1, -0.05) is 42.5 Å². The van der Waals surface area contributed by atoms with Crippen molar-refractivity contribution in [2.45, 2.75) is 0 Å². The lowest BCUT2D eigenvalue weighted by Gasteiger charge is -2.10. The SMILES string of the molecule is Cn1cc(-c2ccccc2)c(=O)c(-c2cccc(OS(C)(=O)=O)c2)c1. The summed E-state index contributed by atoms with van der Waals surface area (Å²) in [5, 5.41) is 0. The van der Waals surface area contributed by atoms with Gasteiger partial charge < -0.3 is 8.75 Å². The van der Waals surface area contributed by atoms with Crippen LogP contribution in [0.15, 0.2) is 71.8 Å². The summed E-state index contributed by atoms with van der Waals surface area (Å²) in [6.45, 7) is 0. The molecule has 3 aromatic rings. The lowest BCUT2D eigenvalue weighted by Crippen LogP contribution is -2.12. The van der Waals surface area contributed by atoms with Crippen LogP contribution in [0.2, 0.25) is 0 Å². The number of pyridine rings is 1. The Kier molecular flexibility index (Phi) is 4.46. The summed E-state index contributed by atoms with van der Waals surface area (Å²) < 4.78 is 29.4. The average molecular weight is 355 g/mol. The molecule has 0 saturated heterocycles. The third kappa shape index (κ3) is 3.97. The van der Waals surface area contributed by atoms with Crippen LogP contribution in [0.4, 0.5) is 0 Å². The maximum atomic E-state index is 12.9. The summed E-state index contributed by atoms with van der Waals surface area (Å²) in [7, 11) is -1.79. The molecule has 1 heterocycles. The van der Waals surface area contributed by atoms with Gasteiger partial charge in [0, 0.05) is 30.6 Å². The predicted octanol–water partition coefficient (Wildman–Crippen LogP) is 3.06. The highest BCUT2D eigenvalue weighted by Gasteiger charge is 2.12. The first-order valence-electron chi connectivity index (χ1n) is 7.59. The van der Waals surface area contributed by atoms with E-state index in [1.54, 1.807) is 30.6 Å². The first-order valence-corrected chi connectivity index (χ1v) is 9.41.